The van der Waals surface area contributed by atoms with Crippen LogP contribution in [0, 0.1) is 12.7 Å². The van der Waals surface area contributed by atoms with E-state index in [9.17, 15) is 4.39 Å². The lowest BCUT2D eigenvalue weighted by Crippen LogP contribution is -1.87. The summed E-state index contributed by atoms with van der Waals surface area (Å²) in [4.78, 5) is 3.99. The van der Waals surface area contributed by atoms with E-state index in [0.717, 1.165) is 15.4 Å². The van der Waals surface area contributed by atoms with Gasteiger partial charge in [-0.2, -0.15) is 0 Å². The van der Waals surface area contributed by atoms with Crippen molar-refractivity contribution in [3.8, 4) is 0 Å². The molecule has 0 N–H and O–H groups in total. The van der Waals surface area contributed by atoms with Gasteiger partial charge in [0.05, 0.1) is 11.7 Å². The highest BCUT2D eigenvalue weighted by molar-refractivity contribution is 9.10. The van der Waals surface area contributed by atoms with Crippen molar-refractivity contribution < 1.29 is 4.39 Å². The van der Waals surface area contributed by atoms with Gasteiger partial charge in [-0.15, -0.1) is 0 Å². The molecule has 0 saturated heterocycles. The van der Waals surface area contributed by atoms with Crippen LogP contribution in [0.5, 0.6) is 0 Å². The molecule has 1 heterocycles. The highest BCUT2D eigenvalue weighted by atomic mass is 79.9. The van der Waals surface area contributed by atoms with Crippen molar-refractivity contribution in [3.05, 3.63) is 40.2 Å². The summed E-state index contributed by atoms with van der Waals surface area (Å²) < 4.78 is 14.0. The zero-order chi connectivity index (χ0) is 9.42. The molecular formula is C10H7BrFN. The third-order valence-corrected chi connectivity index (χ3v) is 2.53. The van der Waals surface area contributed by atoms with Crippen molar-refractivity contribution in [1.82, 2.24) is 4.98 Å². The predicted octanol–water partition coefficient (Wildman–Crippen LogP) is 3.44. The summed E-state index contributed by atoms with van der Waals surface area (Å²) in [7, 11) is 0. The van der Waals surface area contributed by atoms with Crippen LogP contribution in [0.15, 0.2) is 28.9 Å². The minimum absolute atomic E-state index is 0.259. The Labute approximate surface area is 83.7 Å². The number of hydrogen-bond acceptors (Lipinski definition) is 1. The Kier molecular flexibility index (Phi) is 2.04. The Morgan fingerprint density at radius 3 is 2.92 bits per heavy atom. The fourth-order valence-electron chi connectivity index (χ4n) is 1.27. The second-order valence-electron chi connectivity index (χ2n) is 2.89. The minimum Gasteiger partial charge on any atom is -0.253 e. The molecule has 0 spiro atoms. The lowest BCUT2D eigenvalue weighted by Gasteiger charge is -2.02. The van der Waals surface area contributed by atoms with E-state index >= 15 is 0 Å². The van der Waals surface area contributed by atoms with Crippen LogP contribution in [0.4, 0.5) is 4.39 Å². The van der Waals surface area contributed by atoms with Gasteiger partial charge in [0, 0.05) is 9.86 Å². The van der Waals surface area contributed by atoms with Gasteiger partial charge in [-0.05, 0) is 30.7 Å². The molecule has 0 radical (unpaired) electrons. The lowest BCUT2D eigenvalue weighted by atomic mass is 10.1. The summed E-state index contributed by atoms with van der Waals surface area (Å²) in [5.74, 6) is -0.259. The monoisotopic (exact) mass is 239 g/mol. The number of aromatic nitrogens is 1. The number of hydrogen-bond donors (Lipinski definition) is 0. The molecule has 66 valence electrons. The Hall–Kier alpha value is -0.960. The fourth-order valence-corrected chi connectivity index (χ4v) is 1.63. The molecule has 0 bridgehead atoms. The van der Waals surface area contributed by atoms with Gasteiger partial charge in [-0.1, -0.05) is 15.9 Å². The molecule has 0 aliphatic rings. The fraction of sp³-hybridized carbons (Fsp3) is 0.100. The molecule has 2 aromatic rings. The summed E-state index contributed by atoms with van der Waals surface area (Å²) in [6.07, 6.45) is 1.26. The standard InChI is InChI=1S/C10H7BrFN/c1-6-8-4-7(11)2-3-10(8)13-5-9(6)12/h2-5H,1H3. The lowest BCUT2D eigenvalue weighted by molar-refractivity contribution is 0.615. The molecule has 0 saturated carbocycles. The van der Waals surface area contributed by atoms with Crippen LogP contribution in [-0.2, 0) is 0 Å². The Balaban J connectivity index is 2.89. The van der Waals surface area contributed by atoms with Crippen molar-refractivity contribution in [2.24, 2.45) is 0 Å². The molecule has 0 aliphatic heterocycles. The van der Waals surface area contributed by atoms with E-state index in [1.165, 1.54) is 6.20 Å². The molecule has 3 heteroatoms. The maximum Gasteiger partial charge on any atom is 0.145 e. The summed E-state index contributed by atoms with van der Waals surface area (Å²) in [5.41, 5.74) is 1.47. The Bertz CT molecular complexity index is 462. The quantitative estimate of drug-likeness (QED) is 0.687. The van der Waals surface area contributed by atoms with Gasteiger partial charge in [0.2, 0.25) is 0 Å². The second kappa shape index (κ2) is 3.07. The number of benzene rings is 1. The van der Waals surface area contributed by atoms with Crippen LogP contribution in [0.2, 0.25) is 0 Å². The topological polar surface area (TPSA) is 12.9 Å². The number of halogens is 2. The van der Waals surface area contributed by atoms with Gasteiger partial charge in [0.25, 0.3) is 0 Å². The van der Waals surface area contributed by atoms with Crippen LogP contribution in [-0.4, -0.2) is 4.98 Å². The molecule has 0 aliphatic carbocycles. The SMILES string of the molecule is Cc1c(F)cnc2ccc(Br)cc12. The number of aryl methyl sites for hydroxylation is 1. The van der Waals surface area contributed by atoms with Gasteiger partial charge >= 0.3 is 0 Å². The van der Waals surface area contributed by atoms with Gasteiger partial charge in [-0.3, -0.25) is 4.98 Å². The average Bonchev–Trinajstić information content (AvgIpc) is 2.12. The van der Waals surface area contributed by atoms with Gasteiger partial charge < -0.3 is 0 Å². The zero-order valence-corrected chi connectivity index (χ0v) is 8.60. The van der Waals surface area contributed by atoms with E-state index in [4.69, 9.17) is 0 Å². The van der Waals surface area contributed by atoms with E-state index in [2.05, 4.69) is 20.9 Å². The van der Waals surface area contributed by atoms with Crippen molar-refractivity contribution in [1.29, 1.82) is 0 Å². The summed E-state index contributed by atoms with van der Waals surface area (Å²) in [6, 6.07) is 5.64. The number of fused-ring (bicyclic) bond motifs is 1. The maximum absolute atomic E-state index is 13.1. The molecule has 1 nitrogen and oxygen atoms in total. The Morgan fingerprint density at radius 2 is 2.15 bits per heavy atom. The van der Waals surface area contributed by atoms with Crippen LogP contribution >= 0.6 is 15.9 Å². The van der Waals surface area contributed by atoms with E-state index in [1.54, 1.807) is 6.92 Å². The van der Waals surface area contributed by atoms with Crippen LogP contribution in [0.1, 0.15) is 5.56 Å². The normalized spacial score (nSPS) is 10.7. The zero-order valence-electron chi connectivity index (χ0n) is 7.01. The van der Waals surface area contributed by atoms with Gasteiger partial charge in [0.1, 0.15) is 5.82 Å². The van der Waals surface area contributed by atoms with Gasteiger partial charge in [-0.25, -0.2) is 4.39 Å². The van der Waals surface area contributed by atoms with Crippen molar-refractivity contribution in [2.75, 3.05) is 0 Å². The summed E-state index contributed by atoms with van der Waals surface area (Å²) in [6.45, 7) is 1.76. The number of rotatable bonds is 0. The van der Waals surface area contributed by atoms with Crippen LogP contribution in [0.25, 0.3) is 10.9 Å². The van der Waals surface area contributed by atoms with Crippen molar-refractivity contribution >= 4 is 26.8 Å². The molecule has 0 fully saturated rings. The molecule has 0 unspecified atom stereocenters. The first kappa shape index (κ1) is 8.63. The third kappa shape index (κ3) is 1.44. The molecule has 2 rings (SSSR count). The first-order valence-corrected chi connectivity index (χ1v) is 4.68. The smallest absolute Gasteiger partial charge is 0.145 e. The van der Waals surface area contributed by atoms with E-state index < -0.39 is 0 Å². The molecular weight excluding hydrogens is 233 g/mol. The highest BCUT2D eigenvalue weighted by Gasteiger charge is 2.03. The molecule has 0 atom stereocenters. The summed E-state index contributed by atoms with van der Waals surface area (Å²) in [5, 5.41) is 0.856. The van der Waals surface area contributed by atoms with E-state index in [-0.39, 0.29) is 5.82 Å². The van der Waals surface area contributed by atoms with Crippen LogP contribution in [0.3, 0.4) is 0 Å². The first-order chi connectivity index (χ1) is 6.18. The highest BCUT2D eigenvalue weighted by Crippen LogP contribution is 2.22. The summed E-state index contributed by atoms with van der Waals surface area (Å²) >= 11 is 3.34. The maximum atomic E-state index is 13.1. The van der Waals surface area contributed by atoms with Crippen molar-refractivity contribution in [3.63, 3.8) is 0 Å². The van der Waals surface area contributed by atoms with Crippen molar-refractivity contribution in [2.45, 2.75) is 6.92 Å². The molecule has 1 aromatic heterocycles. The minimum atomic E-state index is -0.259. The number of nitrogens with zero attached hydrogens (tertiary/aromatic N) is 1. The third-order valence-electron chi connectivity index (χ3n) is 2.04. The van der Waals surface area contributed by atoms with Crippen LogP contribution < -0.4 is 0 Å². The van der Waals surface area contributed by atoms with E-state index in [1.807, 2.05) is 18.2 Å². The van der Waals surface area contributed by atoms with Gasteiger partial charge in [0.15, 0.2) is 0 Å². The second-order valence-corrected chi connectivity index (χ2v) is 3.81. The van der Waals surface area contributed by atoms with E-state index in [0.29, 0.717) is 5.56 Å². The number of pyridine rings is 1. The average molecular weight is 240 g/mol. The Morgan fingerprint density at radius 1 is 1.38 bits per heavy atom. The first-order valence-electron chi connectivity index (χ1n) is 3.89. The molecule has 13 heavy (non-hydrogen) atoms. The molecule has 0 amide bonds. The molecule has 1 aromatic carbocycles. The predicted molar refractivity (Wildman–Crippen MR) is 54.1 cm³/mol. The largest absolute Gasteiger partial charge is 0.253 e.